The largest absolute Gasteiger partial charge is 0.456 e. The number of rotatable bonds is 2. The monoisotopic (exact) mass is 389 g/mol. The Morgan fingerprint density at radius 1 is 0.733 bits per heavy atom. The smallest absolute Gasteiger partial charge is 0.295 e. The highest BCUT2D eigenvalue weighted by Gasteiger charge is 2.27. The molecule has 0 aliphatic heterocycles. The number of imidazole rings is 1. The summed E-state index contributed by atoms with van der Waals surface area (Å²) in [5.41, 5.74) is 7.77. The van der Waals surface area contributed by atoms with Gasteiger partial charge in [0.05, 0.1) is 12.6 Å². The molecule has 2 heterocycles. The number of hydrogen-bond donors (Lipinski definition) is 0. The summed E-state index contributed by atoms with van der Waals surface area (Å²) in [6, 6.07) is 31.8. The van der Waals surface area contributed by atoms with Crippen LogP contribution in [-0.4, -0.2) is 4.57 Å². The minimum Gasteiger partial charge on any atom is -0.456 e. The Hall–Kier alpha value is -3.85. The molecule has 144 valence electrons. The molecule has 30 heavy (non-hydrogen) atoms. The molecular weight excluding hydrogens is 368 g/mol. The molecule has 3 nitrogen and oxygen atoms in total. The first-order valence-electron chi connectivity index (χ1n) is 10.2. The van der Waals surface area contributed by atoms with Crippen LogP contribution >= 0.6 is 0 Å². The number of para-hydroxylation sites is 3. The zero-order chi connectivity index (χ0) is 20.2. The lowest BCUT2D eigenvalue weighted by atomic mass is 10.1. The normalized spacial score (nSPS) is 11.7. The summed E-state index contributed by atoms with van der Waals surface area (Å²) in [4.78, 5) is 0. The molecule has 6 rings (SSSR count). The Morgan fingerprint density at radius 2 is 1.47 bits per heavy atom. The fraction of sp³-hybridized carbons (Fsp3) is 0.0741. The van der Waals surface area contributed by atoms with Crippen LogP contribution in [0.4, 0.5) is 0 Å². The Bertz CT molecular complexity index is 1570. The van der Waals surface area contributed by atoms with Gasteiger partial charge in [0, 0.05) is 16.8 Å². The maximum absolute atomic E-state index is 6.18. The number of nitrogens with zero attached hydrogens (tertiary/aromatic N) is 2. The van der Waals surface area contributed by atoms with Crippen molar-refractivity contribution in [1.82, 2.24) is 4.57 Å². The predicted molar refractivity (Wildman–Crippen MR) is 122 cm³/mol. The summed E-state index contributed by atoms with van der Waals surface area (Å²) in [7, 11) is 2.14. The first-order valence-corrected chi connectivity index (χ1v) is 10.2. The highest BCUT2D eigenvalue weighted by Crippen LogP contribution is 2.33. The van der Waals surface area contributed by atoms with Crippen molar-refractivity contribution in [3.05, 3.63) is 96.6 Å². The lowest BCUT2D eigenvalue weighted by Gasteiger charge is -2.06. The topological polar surface area (TPSA) is 21.9 Å². The van der Waals surface area contributed by atoms with Gasteiger partial charge in [0.1, 0.15) is 16.9 Å². The summed E-state index contributed by atoms with van der Waals surface area (Å²) in [6.45, 7) is 2.17. The zero-order valence-corrected chi connectivity index (χ0v) is 17.0. The van der Waals surface area contributed by atoms with Gasteiger partial charge < -0.3 is 4.42 Å². The molecule has 0 N–H and O–H groups in total. The van der Waals surface area contributed by atoms with Crippen molar-refractivity contribution in [1.29, 1.82) is 0 Å². The van der Waals surface area contributed by atoms with E-state index in [0.717, 1.165) is 33.5 Å². The van der Waals surface area contributed by atoms with Crippen LogP contribution in [0.5, 0.6) is 0 Å². The summed E-state index contributed by atoms with van der Waals surface area (Å²) < 4.78 is 10.8. The molecule has 0 atom stereocenters. The van der Waals surface area contributed by atoms with Gasteiger partial charge in [-0.25, -0.2) is 4.57 Å². The van der Waals surface area contributed by atoms with E-state index in [4.69, 9.17) is 4.42 Å². The molecule has 6 aromatic rings. The molecule has 0 saturated carbocycles. The van der Waals surface area contributed by atoms with E-state index < -0.39 is 0 Å². The average Bonchev–Trinajstić information content (AvgIpc) is 3.29. The molecule has 0 saturated heterocycles. The number of benzene rings is 4. The van der Waals surface area contributed by atoms with E-state index in [1.807, 2.05) is 12.1 Å². The number of aromatic nitrogens is 2. The fourth-order valence-electron chi connectivity index (χ4n) is 4.56. The van der Waals surface area contributed by atoms with Gasteiger partial charge in [-0.15, -0.1) is 0 Å². The summed E-state index contributed by atoms with van der Waals surface area (Å²) in [6.07, 6.45) is 0. The number of hydrogen-bond acceptors (Lipinski definition) is 1. The van der Waals surface area contributed by atoms with Gasteiger partial charge in [-0.05, 0) is 48.9 Å². The van der Waals surface area contributed by atoms with Crippen molar-refractivity contribution in [3.8, 4) is 17.1 Å². The van der Waals surface area contributed by atoms with E-state index >= 15 is 0 Å². The van der Waals surface area contributed by atoms with Crippen LogP contribution in [0.25, 0.3) is 50.0 Å². The average molecular weight is 389 g/mol. The molecule has 3 heteroatoms. The van der Waals surface area contributed by atoms with Gasteiger partial charge in [0.25, 0.3) is 5.82 Å². The van der Waals surface area contributed by atoms with Gasteiger partial charge in [0.15, 0.2) is 11.0 Å². The maximum Gasteiger partial charge on any atom is 0.295 e. The minimum absolute atomic E-state index is 0.907. The molecule has 4 aromatic carbocycles. The van der Waals surface area contributed by atoms with Crippen molar-refractivity contribution in [3.63, 3.8) is 0 Å². The quantitative estimate of drug-likeness (QED) is 0.317. The van der Waals surface area contributed by atoms with Crippen molar-refractivity contribution >= 4 is 33.0 Å². The Labute approximate surface area is 174 Å². The van der Waals surface area contributed by atoms with E-state index in [1.165, 1.54) is 22.2 Å². The minimum atomic E-state index is 0.907. The number of furan rings is 1. The van der Waals surface area contributed by atoms with E-state index in [9.17, 15) is 0 Å². The van der Waals surface area contributed by atoms with Gasteiger partial charge in [-0.2, -0.15) is 4.57 Å². The van der Waals surface area contributed by atoms with Crippen LogP contribution in [0.1, 0.15) is 5.56 Å². The highest BCUT2D eigenvalue weighted by molar-refractivity contribution is 6.05. The van der Waals surface area contributed by atoms with Gasteiger partial charge in [0.2, 0.25) is 0 Å². The lowest BCUT2D eigenvalue weighted by molar-refractivity contribution is -0.633. The van der Waals surface area contributed by atoms with E-state index in [-0.39, 0.29) is 0 Å². The SMILES string of the molecule is Cc1ccccc1-c1n(-c2ccc3c(c2)oc2ccccc23)c2ccccc2[n+]1C. The van der Waals surface area contributed by atoms with Crippen molar-refractivity contribution < 1.29 is 8.98 Å². The van der Waals surface area contributed by atoms with Crippen molar-refractivity contribution in [2.75, 3.05) is 0 Å². The third kappa shape index (κ3) is 2.35. The second kappa shape index (κ2) is 6.33. The fourth-order valence-corrected chi connectivity index (χ4v) is 4.56. The van der Waals surface area contributed by atoms with E-state index in [1.54, 1.807) is 0 Å². The standard InChI is InChI=1S/C27H21N2O/c1-18-9-3-4-10-20(18)27-28(2)23-12-6-7-13-24(23)29(27)19-15-16-22-21-11-5-8-14-25(21)30-26(22)17-19/h3-17H,1-2H3/q+1. The van der Waals surface area contributed by atoms with Crippen LogP contribution in [0.15, 0.2) is 95.4 Å². The van der Waals surface area contributed by atoms with E-state index in [2.05, 4.69) is 102 Å². The predicted octanol–water partition coefficient (Wildman–Crippen LogP) is 6.33. The van der Waals surface area contributed by atoms with Gasteiger partial charge in [-0.1, -0.05) is 48.5 Å². The highest BCUT2D eigenvalue weighted by atomic mass is 16.3. The molecule has 2 aromatic heterocycles. The Kier molecular flexibility index (Phi) is 3.59. The molecule has 0 aliphatic carbocycles. The second-order valence-corrected chi connectivity index (χ2v) is 7.80. The summed E-state index contributed by atoms with van der Waals surface area (Å²) >= 11 is 0. The second-order valence-electron chi connectivity index (χ2n) is 7.80. The van der Waals surface area contributed by atoms with Crippen LogP contribution < -0.4 is 4.57 Å². The maximum atomic E-state index is 6.18. The number of fused-ring (bicyclic) bond motifs is 4. The van der Waals surface area contributed by atoms with Crippen molar-refractivity contribution in [2.24, 2.45) is 7.05 Å². The molecule has 0 aliphatic rings. The molecule has 0 radical (unpaired) electrons. The number of aryl methyl sites for hydroxylation is 2. The first kappa shape index (κ1) is 17.0. The van der Waals surface area contributed by atoms with E-state index in [0.29, 0.717) is 0 Å². The van der Waals surface area contributed by atoms with Crippen LogP contribution in [0, 0.1) is 6.92 Å². The van der Waals surface area contributed by atoms with Crippen LogP contribution in [0.2, 0.25) is 0 Å². The molecule has 0 fully saturated rings. The Balaban J connectivity index is 1.71. The molecule has 0 bridgehead atoms. The third-order valence-corrected chi connectivity index (χ3v) is 6.02. The van der Waals surface area contributed by atoms with Crippen molar-refractivity contribution in [2.45, 2.75) is 6.92 Å². The lowest BCUT2D eigenvalue weighted by Crippen LogP contribution is -2.30. The van der Waals surface area contributed by atoms with Gasteiger partial charge in [-0.3, -0.25) is 0 Å². The molecule has 0 spiro atoms. The van der Waals surface area contributed by atoms with Crippen LogP contribution in [0.3, 0.4) is 0 Å². The summed E-state index contributed by atoms with van der Waals surface area (Å²) in [5, 5.41) is 2.30. The molecule has 0 amide bonds. The van der Waals surface area contributed by atoms with Gasteiger partial charge >= 0.3 is 0 Å². The first-order chi connectivity index (χ1) is 14.7. The van der Waals surface area contributed by atoms with Crippen LogP contribution in [-0.2, 0) is 7.05 Å². The third-order valence-electron chi connectivity index (χ3n) is 6.02. The molecule has 0 unspecified atom stereocenters. The Morgan fingerprint density at radius 3 is 2.37 bits per heavy atom. The molecular formula is C27H21N2O+. The zero-order valence-electron chi connectivity index (χ0n) is 17.0. The summed E-state index contributed by atoms with van der Waals surface area (Å²) in [5.74, 6) is 1.16.